The molecule has 3 heterocycles. The molecule has 0 saturated carbocycles. The van der Waals surface area contributed by atoms with Crippen molar-refractivity contribution in [2.24, 2.45) is 11.8 Å². The smallest absolute Gasteiger partial charge is 0.229 e. The van der Waals surface area contributed by atoms with Gasteiger partial charge in [0.1, 0.15) is 24.4 Å². The molecule has 3 saturated heterocycles. The first kappa shape index (κ1) is 26.0. The van der Waals surface area contributed by atoms with Gasteiger partial charge in [-0.3, -0.25) is 0 Å². The highest BCUT2D eigenvalue weighted by Crippen LogP contribution is 2.51. The SMILES string of the molecule is COc1cc([C@H]2OC[C@H]3[C@@H]2CO[C@@H]3c2ccc(O[C@H]3O[C@H](CO)[C@H](O)[C@@H](O)[C@H]3O)c(OC)c2)ccc1O. The maximum Gasteiger partial charge on any atom is 0.229 e. The Labute approximate surface area is 213 Å². The standard InChI is InChI=1S/C26H32O11/c1-32-18-7-12(3-5-16(18)28)24-14-10-35-25(15(14)11-34-24)13-4-6-17(19(8-13)33-2)36-26-23(31)22(30)21(29)20(9-27)37-26/h3-8,14-15,20-31H,9-11H2,1-2H3/t14-,15-,20+,21-,22+,23+,24+,25+,26-/m0/s1. The van der Waals surface area contributed by atoms with Gasteiger partial charge in [0, 0.05) is 11.8 Å². The minimum absolute atomic E-state index is 0.0689. The average Bonchev–Trinajstić information content (AvgIpc) is 3.52. The Bertz CT molecular complexity index is 1090. The summed E-state index contributed by atoms with van der Waals surface area (Å²) >= 11 is 0. The monoisotopic (exact) mass is 520 g/mol. The number of phenolic OH excluding ortho intramolecular Hbond substituents is 1. The normalized spacial score (nSPS) is 35.2. The van der Waals surface area contributed by atoms with Crippen molar-refractivity contribution in [1.29, 1.82) is 0 Å². The largest absolute Gasteiger partial charge is 0.504 e. The lowest BCUT2D eigenvalue weighted by molar-refractivity contribution is -0.277. The van der Waals surface area contributed by atoms with Crippen molar-refractivity contribution in [3.05, 3.63) is 47.5 Å². The van der Waals surface area contributed by atoms with Crippen molar-refractivity contribution < 1.29 is 54.0 Å². The molecule has 5 rings (SSSR count). The highest BCUT2D eigenvalue weighted by molar-refractivity contribution is 5.45. The molecule has 0 radical (unpaired) electrons. The Hall–Kier alpha value is -2.64. The first-order valence-electron chi connectivity index (χ1n) is 12.1. The Balaban J connectivity index is 1.32. The van der Waals surface area contributed by atoms with Crippen LogP contribution in [0.1, 0.15) is 23.3 Å². The molecule has 0 bridgehead atoms. The predicted molar refractivity (Wildman–Crippen MR) is 126 cm³/mol. The van der Waals surface area contributed by atoms with Crippen molar-refractivity contribution in [1.82, 2.24) is 0 Å². The van der Waals surface area contributed by atoms with Crippen LogP contribution >= 0.6 is 0 Å². The zero-order valence-corrected chi connectivity index (χ0v) is 20.5. The molecule has 11 heteroatoms. The second-order valence-electron chi connectivity index (χ2n) is 9.49. The van der Waals surface area contributed by atoms with E-state index in [4.69, 9.17) is 28.4 Å². The molecule has 2 aromatic carbocycles. The van der Waals surface area contributed by atoms with Crippen molar-refractivity contribution in [2.45, 2.75) is 42.9 Å². The van der Waals surface area contributed by atoms with Gasteiger partial charge in [-0.1, -0.05) is 12.1 Å². The minimum Gasteiger partial charge on any atom is -0.504 e. The number of rotatable bonds is 7. The van der Waals surface area contributed by atoms with Crippen LogP contribution in [0.3, 0.4) is 0 Å². The minimum atomic E-state index is -1.55. The van der Waals surface area contributed by atoms with E-state index in [0.717, 1.165) is 11.1 Å². The number of fused-ring (bicyclic) bond motifs is 1. The molecule has 0 aliphatic carbocycles. The summed E-state index contributed by atoms with van der Waals surface area (Å²) in [6.45, 7) is 0.436. The van der Waals surface area contributed by atoms with E-state index in [0.29, 0.717) is 24.7 Å². The maximum absolute atomic E-state index is 10.3. The van der Waals surface area contributed by atoms with Crippen molar-refractivity contribution >= 4 is 0 Å². The number of aromatic hydroxyl groups is 1. The topological polar surface area (TPSA) is 157 Å². The van der Waals surface area contributed by atoms with Crippen LogP contribution in [0.2, 0.25) is 0 Å². The number of hydrogen-bond donors (Lipinski definition) is 5. The Morgan fingerprint density at radius 3 is 1.97 bits per heavy atom. The van der Waals surface area contributed by atoms with Crippen molar-refractivity contribution in [2.75, 3.05) is 34.0 Å². The van der Waals surface area contributed by atoms with Gasteiger partial charge in [-0.15, -0.1) is 0 Å². The summed E-state index contributed by atoms with van der Waals surface area (Å²) in [5.41, 5.74) is 1.77. The average molecular weight is 521 g/mol. The van der Waals surface area contributed by atoms with Crippen LogP contribution in [0, 0.1) is 11.8 Å². The molecule has 0 spiro atoms. The van der Waals surface area contributed by atoms with Crippen LogP contribution in [-0.2, 0) is 14.2 Å². The van der Waals surface area contributed by atoms with Crippen molar-refractivity contribution in [3.8, 4) is 23.0 Å². The molecule has 0 amide bonds. The zero-order chi connectivity index (χ0) is 26.3. The van der Waals surface area contributed by atoms with E-state index in [1.165, 1.54) is 14.2 Å². The molecule has 37 heavy (non-hydrogen) atoms. The van der Waals surface area contributed by atoms with Gasteiger partial charge >= 0.3 is 0 Å². The summed E-state index contributed by atoms with van der Waals surface area (Å²) < 4.78 is 34.3. The number of aliphatic hydroxyl groups excluding tert-OH is 4. The first-order valence-corrected chi connectivity index (χ1v) is 12.1. The highest BCUT2D eigenvalue weighted by atomic mass is 16.7. The third-order valence-electron chi connectivity index (χ3n) is 7.40. The molecule has 3 aliphatic heterocycles. The van der Waals surface area contributed by atoms with E-state index in [1.54, 1.807) is 24.3 Å². The fourth-order valence-corrected chi connectivity index (χ4v) is 5.35. The molecule has 202 valence electrons. The maximum atomic E-state index is 10.3. The predicted octanol–water partition coefficient (Wildman–Crippen LogP) is 0.663. The zero-order valence-electron chi connectivity index (χ0n) is 20.5. The second kappa shape index (κ2) is 10.6. The van der Waals surface area contributed by atoms with Gasteiger partial charge in [-0.2, -0.15) is 0 Å². The van der Waals surface area contributed by atoms with Gasteiger partial charge in [0.05, 0.1) is 46.2 Å². The number of aliphatic hydroxyl groups is 4. The Morgan fingerprint density at radius 2 is 1.38 bits per heavy atom. The van der Waals surface area contributed by atoms with Gasteiger partial charge in [-0.25, -0.2) is 0 Å². The van der Waals surface area contributed by atoms with Crippen LogP contribution in [-0.4, -0.2) is 90.3 Å². The summed E-state index contributed by atoms with van der Waals surface area (Å²) in [5.74, 6) is 1.27. The van der Waals surface area contributed by atoms with E-state index in [2.05, 4.69) is 0 Å². The van der Waals surface area contributed by atoms with Gasteiger partial charge in [0.2, 0.25) is 6.29 Å². The number of phenols is 1. The molecule has 2 aromatic rings. The van der Waals surface area contributed by atoms with Gasteiger partial charge in [0.15, 0.2) is 23.0 Å². The lowest BCUT2D eigenvalue weighted by atomic mass is 9.85. The number of hydrogen-bond acceptors (Lipinski definition) is 11. The molecule has 5 N–H and O–H groups in total. The molecule has 0 aromatic heterocycles. The molecular formula is C26H32O11. The molecule has 11 nitrogen and oxygen atoms in total. The summed E-state index contributed by atoms with van der Waals surface area (Å²) in [7, 11) is 2.98. The highest BCUT2D eigenvalue weighted by Gasteiger charge is 2.49. The first-order chi connectivity index (χ1) is 17.9. The molecule has 3 aliphatic rings. The number of ether oxygens (including phenoxy) is 6. The van der Waals surface area contributed by atoms with Gasteiger partial charge in [-0.05, 0) is 35.4 Å². The molecule has 9 atom stereocenters. The number of benzene rings is 2. The van der Waals surface area contributed by atoms with Crippen LogP contribution in [0.5, 0.6) is 23.0 Å². The number of methoxy groups -OCH3 is 2. The summed E-state index contributed by atoms with van der Waals surface area (Å²) in [6, 6.07) is 10.5. The Kier molecular flexibility index (Phi) is 7.46. The second-order valence-corrected chi connectivity index (χ2v) is 9.49. The van der Waals surface area contributed by atoms with E-state index in [1.807, 2.05) is 12.1 Å². The Morgan fingerprint density at radius 1 is 0.784 bits per heavy atom. The van der Waals surface area contributed by atoms with E-state index < -0.39 is 37.3 Å². The third-order valence-corrected chi connectivity index (χ3v) is 7.40. The third kappa shape index (κ3) is 4.72. The lowest BCUT2D eigenvalue weighted by Gasteiger charge is -2.39. The quantitative estimate of drug-likeness (QED) is 0.349. The molecular weight excluding hydrogens is 488 g/mol. The van der Waals surface area contributed by atoms with Crippen LogP contribution < -0.4 is 14.2 Å². The van der Waals surface area contributed by atoms with Gasteiger partial charge in [0.25, 0.3) is 0 Å². The fourth-order valence-electron chi connectivity index (χ4n) is 5.35. The lowest BCUT2D eigenvalue weighted by Crippen LogP contribution is -2.60. The molecule has 0 unspecified atom stereocenters. The molecule has 3 fully saturated rings. The van der Waals surface area contributed by atoms with Crippen LogP contribution in [0.4, 0.5) is 0 Å². The fraction of sp³-hybridized carbons (Fsp3) is 0.538. The summed E-state index contributed by atoms with van der Waals surface area (Å²) in [6.07, 6.45) is -7.41. The van der Waals surface area contributed by atoms with Gasteiger partial charge < -0.3 is 54.0 Å². The van der Waals surface area contributed by atoms with Crippen LogP contribution in [0.25, 0.3) is 0 Å². The van der Waals surface area contributed by atoms with E-state index in [9.17, 15) is 25.5 Å². The summed E-state index contributed by atoms with van der Waals surface area (Å²) in [5, 5.41) is 49.7. The van der Waals surface area contributed by atoms with Crippen molar-refractivity contribution in [3.63, 3.8) is 0 Å². The van der Waals surface area contributed by atoms with E-state index in [-0.39, 0.29) is 35.5 Å². The van der Waals surface area contributed by atoms with E-state index >= 15 is 0 Å². The summed E-state index contributed by atoms with van der Waals surface area (Å²) in [4.78, 5) is 0. The van der Waals surface area contributed by atoms with Crippen LogP contribution in [0.15, 0.2) is 36.4 Å².